The molecule has 2 atom stereocenters. The number of ether oxygens (including phenoxy) is 1. The molecular formula is C16H26N4O2. The van der Waals surface area contributed by atoms with Crippen LogP contribution in [0.2, 0.25) is 0 Å². The molecule has 0 aromatic carbocycles. The number of carbonyl (C=O) groups excluding carboxylic acids is 1. The van der Waals surface area contributed by atoms with E-state index >= 15 is 0 Å². The van der Waals surface area contributed by atoms with Crippen LogP contribution in [0.1, 0.15) is 50.1 Å². The molecule has 1 saturated heterocycles. The summed E-state index contributed by atoms with van der Waals surface area (Å²) in [4.78, 5) is 20.5. The van der Waals surface area contributed by atoms with Crippen molar-refractivity contribution in [2.24, 2.45) is 5.92 Å². The molecule has 1 aromatic rings. The van der Waals surface area contributed by atoms with Crippen molar-refractivity contribution < 1.29 is 9.53 Å². The Morgan fingerprint density at radius 1 is 1.45 bits per heavy atom. The minimum atomic E-state index is -0.215. The number of nitrogens with zero attached hydrogens (tertiary/aromatic N) is 2. The molecule has 22 heavy (non-hydrogen) atoms. The molecule has 122 valence electrons. The van der Waals surface area contributed by atoms with Crippen molar-refractivity contribution in [3.8, 4) is 0 Å². The zero-order chi connectivity index (χ0) is 15.9. The Balaban J connectivity index is 1.95. The maximum atomic E-state index is 12.3. The summed E-state index contributed by atoms with van der Waals surface area (Å²) < 4.78 is 5.88. The molecule has 0 aliphatic carbocycles. The van der Waals surface area contributed by atoms with Crippen LogP contribution in [-0.4, -0.2) is 41.7 Å². The summed E-state index contributed by atoms with van der Waals surface area (Å²) in [6.45, 7) is 5.08. The van der Waals surface area contributed by atoms with Gasteiger partial charge in [-0.3, -0.25) is 4.79 Å². The molecule has 6 nitrogen and oxygen atoms in total. The number of rotatable bonds is 6. The van der Waals surface area contributed by atoms with Crippen LogP contribution in [0.5, 0.6) is 0 Å². The fourth-order valence-electron chi connectivity index (χ4n) is 2.96. The van der Waals surface area contributed by atoms with Gasteiger partial charge in [0.2, 0.25) is 5.82 Å². The second-order valence-electron chi connectivity index (χ2n) is 5.70. The van der Waals surface area contributed by atoms with Crippen molar-refractivity contribution in [3.05, 3.63) is 18.1 Å². The van der Waals surface area contributed by atoms with Crippen LogP contribution in [0.4, 0.5) is 5.82 Å². The van der Waals surface area contributed by atoms with E-state index in [1.54, 1.807) is 19.3 Å². The van der Waals surface area contributed by atoms with Crippen LogP contribution in [0.3, 0.4) is 0 Å². The smallest absolute Gasteiger partial charge is 0.289 e. The SMILES string of the molecule is CCC(CC)C1CC(NC(=O)c2nccc(NC)n2)CCO1. The predicted octanol–water partition coefficient (Wildman–Crippen LogP) is 2.23. The van der Waals surface area contributed by atoms with Gasteiger partial charge in [-0.1, -0.05) is 26.7 Å². The van der Waals surface area contributed by atoms with E-state index in [2.05, 4.69) is 34.4 Å². The van der Waals surface area contributed by atoms with Crippen LogP contribution in [-0.2, 0) is 4.74 Å². The minimum absolute atomic E-state index is 0.133. The van der Waals surface area contributed by atoms with Crippen molar-refractivity contribution in [1.29, 1.82) is 0 Å². The largest absolute Gasteiger partial charge is 0.378 e. The molecule has 1 aromatic heterocycles. The number of hydrogen-bond acceptors (Lipinski definition) is 5. The van der Waals surface area contributed by atoms with Crippen LogP contribution in [0, 0.1) is 5.92 Å². The quantitative estimate of drug-likeness (QED) is 0.843. The van der Waals surface area contributed by atoms with Crippen molar-refractivity contribution in [1.82, 2.24) is 15.3 Å². The molecule has 2 heterocycles. The van der Waals surface area contributed by atoms with Gasteiger partial charge in [-0.25, -0.2) is 9.97 Å². The minimum Gasteiger partial charge on any atom is -0.378 e. The lowest BCUT2D eigenvalue weighted by molar-refractivity contribution is -0.0338. The molecule has 1 fully saturated rings. The summed E-state index contributed by atoms with van der Waals surface area (Å²) >= 11 is 0. The molecule has 0 bridgehead atoms. The Morgan fingerprint density at radius 3 is 2.91 bits per heavy atom. The molecule has 2 unspecified atom stereocenters. The monoisotopic (exact) mass is 306 g/mol. The van der Waals surface area contributed by atoms with Crippen LogP contribution in [0.25, 0.3) is 0 Å². The van der Waals surface area contributed by atoms with E-state index in [0.717, 1.165) is 25.7 Å². The first-order valence-corrected chi connectivity index (χ1v) is 8.11. The average molecular weight is 306 g/mol. The maximum absolute atomic E-state index is 12.3. The third-order valence-electron chi connectivity index (χ3n) is 4.34. The number of carbonyl (C=O) groups is 1. The molecule has 0 spiro atoms. The summed E-state index contributed by atoms with van der Waals surface area (Å²) in [6, 6.07) is 1.86. The van der Waals surface area contributed by atoms with Gasteiger partial charge < -0.3 is 15.4 Å². The van der Waals surface area contributed by atoms with Gasteiger partial charge in [0.25, 0.3) is 5.91 Å². The second kappa shape index (κ2) is 8.08. The van der Waals surface area contributed by atoms with E-state index in [1.807, 2.05) is 0 Å². The highest BCUT2D eigenvalue weighted by Gasteiger charge is 2.29. The van der Waals surface area contributed by atoms with Gasteiger partial charge in [-0.05, 0) is 24.8 Å². The summed E-state index contributed by atoms with van der Waals surface area (Å²) in [5.41, 5.74) is 0. The molecule has 1 amide bonds. The predicted molar refractivity (Wildman–Crippen MR) is 85.9 cm³/mol. The average Bonchev–Trinajstić information content (AvgIpc) is 2.56. The van der Waals surface area contributed by atoms with E-state index < -0.39 is 0 Å². The van der Waals surface area contributed by atoms with Gasteiger partial charge in [0.05, 0.1) is 6.10 Å². The lowest BCUT2D eigenvalue weighted by Crippen LogP contribution is -2.44. The van der Waals surface area contributed by atoms with Gasteiger partial charge in [0, 0.05) is 25.9 Å². The van der Waals surface area contributed by atoms with Crippen molar-refractivity contribution in [2.75, 3.05) is 19.0 Å². The third-order valence-corrected chi connectivity index (χ3v) is 4.34. The molecular weight excluding hydrogens is 280 g/mol. The first kappa shape index (κ1) is 16.7. The zero-order valence-corrected chi connectivity index (χ0v) is 13.6. The highest BCUT2D eigenvalue weighted by Crippen LogP contribution is 2.25. The number of aromatic nitrogens is 2. The van der Waals surface area contributed by atoms with Gasteiger partial charge in [-0.15, -0.1) is 0 Å². The van der Waals surface area contributed by atoms with E-state index in [-0.39, 0.29) is 23.9 Å². The summed E-state index contributed by atoms with van der Waals surface area (Å²) in [5.74, 6) is 1.19. The Bertz CT molecular complexity index is 491. The highest BCUT2D eigenvalue weighted by molar-refractivity contribution is 5.90. The molecule has 1 aliphatic rings. The van der Waals surface area contributed by atoms with Gasteiger partial charge in [0.1, 0.15) is 5.82 Å². The highest BCUT2D eigenvalue weighted by atomic mass is 16.5. The Hall–Kier alpha value is -1.69. The number of nitrogens with one attached hydrogen (secondary N) is 2. The van der Waals surface area contributed by atoms with Gasteiger partial charge in [-0.2, -0.15) is 0 Å². The lowest BCUT2D eigenvalue weighted by atomic mass is 9.89. The second-order valence-corrected chi connectivity index (χ2v) is 5.70. The van der Waals surface area contributed by atoms with E-state index in [0.29, 0.717) is 18.3 Å². The van der Waals surface area contributed by atoms with E-state index in [9.17, 15) is 4.79 Å². The Labute approximate surface area is 132 Å². The maximum Gasteiger partial charge on any atom is 0.289 e. The van der Waals surface area contributed by atoms with Crippen molar-refractivity contribution in [2.45, 2.75) is 51.7 Å². The van der Waals surface area contributed by atoms with E-state index in [1.165, 1.54) is 0 Å². The Kier molecular flexibility index (Phi) is 6.12. The Morgan fingerprint density at radius 2 is 2.23 bits per heavy atom. The normalized spacial score (nSPS) is 21.6. The fraction of sp³-hybridized carbons (Fsp3) is 0.688. The number of anilines is 1. The molecule has 6 heteroatoms. The van der Waals surface area contributed by atoms with Gasteiger partial charge in [0.15, 0.2) is 0 Å². The molecule has 1 aliphatic heterocycles. The van der Waals surface area contributed by atoms with Crippen molar-refractivity contribution in [3.63, 3.8) is 0 Å². The van der Waals surface area contributed by atoms with Crippen molar-refractivity contribution >= 4 is 11.7 Å². The fourth-order valence-corrected chi connectivity index (χ4v) is 2.96. The molecule has 0 saturated carbocycles. The lowest BCUT2D eigenvalue weighted by Gasteiger charge is -2.34. The molecule has 2 N–H and O–H groups in total. The first-order chi connectivity index (χ1) is 10.7. The zero-order valence-electron chi connectivity index (χ0n) is 13.6. The van der Waals surface area contributed by atoms with Gasteiger partial charge >= 0.3 is 0 Å². The third kappa shape index (κ3) is 4.16. The number of hydrogen-bond donors (Lipinski definition) is 2. The summed E-state index contributed by atoms with van der Waals surface area (Å²) in [7, 11) is 1.77. The van der Waals surface area contributed by atoms with Crippen LogP contribution in [0.15, 0.2) is 12.3 Å². The summed E-state index contributed by atoms with van der Waals surface area (Å²) in [6.07, 6.45) is 5.74. The summed E-state index contributed by atoms with van der Waals surface area (Å²) in [5, 5.41) is 5.96. The molecule has 2 rings (SSSR count). The standard InChI is InChI=1S/C16H26N4O2/c1-4-11(5-2)13-10-12(7-9-22-13)19-16(21)15-18-8-6-14(17-3)20-15/h6,8,11-13H,4-5,7,9-10H2,1-3H3,(H,19,21)(H,17,18,20). The number of amides is 1. The van der Waals surface area contributed by atoms with Crippen LogP contribution < -0.4 is 10.6 Å². The first-order valence-electron chi connectivity index (χ1n) is 8.11. The molecule has 0 radical (unpaired) electrons. The van der Waals surface area contributed by atoms with E-state index in [4.69, 9.17) is 4.74 Å². The van der Waals surface area contributed by atoms with Crippen LogP contribution >= 0.6 is 0 Å². The topological polar surface area (TPSA) is 76.1 Å².